The minimum atomic E-state index is 0.885. The van der Waals surface area contributed by atoms with Gasteiger partial charge in [-0.2, -0.15) is 11.8 Å². The molecule has 1 aliphatic rings. The molecule has 1 heterocycles. The highest BCUT2D eigenvalue weighted by Gasteiger charge is 2.16. The van der Waals surface area contributed by atoms with Gasteiger partial charge in [-0.05, 0) is 55.6 Å². The zero-order valence-corrected chi connectivity index (χ0v) is 9.86. The van der Waals surface area contributed by atoms with Crippen LogP contribution in [0, 0.1) is 13.8 Å². The van der Waals surface area contributed by atoms with Gasteiger partial charge in [0.05, 0.1) is 0 Å². The summed E-state index contributed by atoms with van der Waals surface area (Å²) in [5.41, 5.74) is 4.50. The van der Waals surface area contributed by atoms with Gasteiger partial charge in [0.25, 0.3) is 0 Å². The monoisotopic (exact) mass is 206 g/mol. The molecule has 0 radical (unpaired) electrons. The lowest BCUT2D eigenvalue weighted by Gasteiger charge is -2.12. The fraction of sp³-hybridized carbons (Fsp3) is 0.538. The van der Waals surface area contributed by atoms with Crippen molar-refractivity contribution in [1.82, 2.24) is 0 Å². The molecule has 0 nitrogen and oxygen atoms in total. The van der Waals surface area contributed by atoms with E-state index in [1.165, 1.54) is 36.1 Å². The Bertz CT molecular complexity index is 311. The zero-order chi connectivity index (χ0) is 9.97. The smallest absolute Gasteiger partial charge is 0.00878 e. The van der Waals surface area contributed by atoms with E-state index in [9.17, 15) is 0 Å². The van der Waals surface area contributed by atoms with Gasteiger partial charge < -0.3 is 0 Å². The van der Waals surface area contributed by atoms with E-state index in [0.717, 1.165) is 5.25 Å². The quantitative estimate of drug-likeness (QED) is 0.710. The lowest BCUT2D eigenvalue weighted by atomic mass is 9.98. The van der Waals surface area contributed by atoms with Crippen LogP contribution in [0.3, 0.4) is 0 Å². The average molecular weight is 206 g/mol. The van der Waals surface area contributed by atoms with Gasteiger partial charge in [0.1, 0.15) is 0 Å². The predicted molar refractivity (Wildman–Crippen MR) is 65.1 cm³/mol. The van der Waals surface area contributed by atoms with E-state index in [2.05, 4.69) is 43.8 Å². The molecule has 1 fully saturated rings. The van der Waals surface area contributed by atoms with Crippen LogP contribution in [0.1, 0.15) is 29.5 Å². The topological polar surface area (TPSA) is 0 Å². The van der Waals surface area contributed by atoms with E-state index in [1.807, 2.05) is 0 Å². The van der Waals surface area contributed by atoms with E-state index in [1.54, 1.807) is 5.56 Å². The number of thioether (sulfide) groups is 1. The number of benzene rings is 1. The van der Waals surface area contributed by atoms with Gasteiger partial charge in [0, 0.05) is 5.25 Å². The molecule has 0 aliphatic carbocycles. The SMILES string of the molecule is Cc1cccc(CC2CCCS2)c1C. The third kappa shape index (κ3) is 2.14. The van der Waals surface area contributed by atoms with E-state index < -0.39 is 0 Å². The van der Waals surface area contributed by atoms with Crippen LogP contribution in [-0.4, -0.2) is 11.0 Å². The van der Waals surface area contributed by atoms with Gasteiger partial charge in [0.2, 0.25) is 0 Å². The third-order valence-electron chi connectivity index (χ3n) is 3.19. The lowest BCUT2D eigenvalue weighted by molar-refractivity contribution is 0.774. The highest BCUT2D eigenvalue weighted by Crippen LogP contribution is 2.30. The summed E-state index contributed by atoms with van der Waals surface area (Å²) in [6.45, 7) is 4.46. The molecule has 1 unspecified atom stereocenters. The summed E-state index contributed by atoms with van der Waals surface area (Å²) in [6, 6.07) is 6.69. The van der Waals surface area contributed by atoms with E-state index >= 15 is 0 Å². The first kappa shape index (κ1) is 10.1. The van der Waals surface area contributed by atoms with Crippen molar-refractivity contribution in [3.8, 4) is 0 Å². The summed E-state index contributed by atoms with van der Waals surface area (Å²) in [5.74, 6) is 1.37. The Morgan fingerprint density at radius 3 is 2.93 bits per heavy atom. The van der Waals surface area contributed by atoms with Crippen LogP contribution in [-0.2, 0) is 6.42 Å². The van der Waals surface area contributed by atoms with Crippen LogP contribution in [0.5, 0.6) is 0 Å². The van der Waals surface area contributed by atoms with Crippen LogP contribution in [0.4, 0.5) is 0 Å². The maximum Gasteiger partial charge on any atom is 0.00878 e. The van der Waals surface area contributed by atoms with Crippen molar-refractivity contribution in [1.29, 1.82) is 0 Å². The fourth-order valence-corrected chi connectivity index (χ4v) is 3.38. The minimum Gasteiger partial charge on any atom is -0.158 e. The Morgan fingerprint density at radius 2 is 2.21 bits per heavy atom. The largest absolute Gasteiger partial charge is 0.158 e. The van der Waals surface area contributed by atoms with Gasteiger partial charge in [-0.25, -0.2) is 0 Å². The highest BCUT2D eigenvalue weighted by atomic mass is 32.2. The summed E-state index contributed by atoms with van der Waals surface area (Å²) in [4.78, 5) is 0. The standard InChI is InChI=1S/C13H18S/c1-10-5-3-6-12(11(10)2)9-13-7-4-8-14-13/h3,5-6,13H,4,7-9H2,1-2H3. The molecular weight excluding hydrogens is 188 g/mol. The van der Waals surface area contributed by atoms with Crippen molar-refractivity contribution in [2.75, 3.05) is 5.75 Å². The third-order valence-corrected chi connectivity index (χ3v) is 4.59. The van der Waals surface area contributed by atoms with E-state index in [0.29, 0.717) is 0 Å². The van der Waals surface area contributed by atoms with E-state index in [-0.39, 0.29) is 0 Å². The summed E-state index contributed by atoms with van der Waals surface area (Å²) < 4.78 is 0. The summed E-state index contributed by atoms with van der Waals surface area (Å²) in [5, 5.41) is 0.885. The minimum absolute atomic E-state index is 0.885. The second kappa shape index (κ2) is 4.39. The van der Waals surface area contributed by atoms with Crippen LogP contribution >= 0.6 is 11.8 Å². The normalized spacial score (nSPS) is 21.4. The molecular formula is C13H18S. The Labute approximate surface area is 91.1 Å². The lowest BCUT2D eigenvalue weighted by Crippen LogP contribution is -2.04. The highest BCUT2D eigenvalue weighted by molar-refractivity contribution is 8.00. The molecule has 1 atom stereocenters. The maximum absolute atomic E-state index is 2.29. The molecule has 0 amide bonds. The van der Waals surface area contributed by atoms with Crippen LogP contribution in [0.25, 0.3) is 0 Å². The van der Waals surface area contributed by atoms with Crippen molar-refractivity contribution in [2.45, 2.75) is 38.4 Å². The summed E-state index contributed by atoms with van der Waals surface area (Å²) in [6.07, 6.45) is 4.11. The zero-order valence-electron chi connectivity index (χ0n) is 9.05. The molecule has 1 aliphatic heterocycles. The van der Waals surface area contributed by atoms with Gasteiger partial charge in [-0.3, -0.25) is 0 Å². The number of aryl methyl sites for hydroxylation is 1. The molecule has 0 saturated carbocycles. The van der Waals surface area contributed by atoms with Crippen molar-refractivity contribution >= 4 is 11.8 Å². The van der Waals surface area contributed by atoms with Crippen LogP contribution in [0.15, 0.2) is 18.2 Å². The molecule has 0 N–H and O–H groups in total. The van der Waals surface area contributed by atoms with Gasteiger partial charge in [-0.1, -0.05) is 18.2 Å². The molecule has 1 aromatic rings. The molecule has 1 aromatic carbocycles. The summed E-state index contributed by atoms with van der Waals surface area (Å²) in [7, 11) is 0. The first-order chi connectivity index (χ1) is 6.77. The van der Waals surface area contributed by atoms with Crippen LogP contribution in [0.2, 0.25) is 0 Å². The van der Waals surface area contributed by atoms with Crippen molar-refractivity contribution in [3.05, 3.63) is 34.9 Å². The van der Waals surface area contributed by atoms with Crippen molar-refractivity contribution < 1.29 is 0 Å². The Morgan fingerprint density at radius 1 is 1.36 bits per heavy atom. The first-order valence-corrected chi connectivity index (χ1v) is 6.49. The first-order valence-electron chi connectivity index (χ1n) is 5.44. The summed E-state index contributed by atoms with van der Waals surface area (Å²) >= 11 is 2.15. The van der Waals surface area contributed by atoms with Gasteiger partial charge in [0.15, 0.2) is 0 Å². The Balaban J connectivity index is 2.11. The molecule has 1 heteroatoms. The molecule has 2 rings (SSSR count). The number of rotatable bonds is 2. The molecule has 0 bridgehead atoms. The molecule has 14 heavy (non-hydrogen) atoms. The molecule has 1 saturated heterocycles. The maximum atomic E-state index is 2.29. The molecule has 0 aromatic heterocycles. The van der Waals surface area contributed by atoms with Crippen LogP contribution < -0.4 is 0 Å². The van der Waals surface area contributed by atoms with Gasteiger partial charge in [-0.15, -0.1) is 0 Å². The second-order valence-electron chi connectivity index (χ2n) is 4.20. The second-order valence-corrected chi connectivity index (χ2v) is 5.61. The Kier molecular flexibility index (Phi) is 3.17. The van der Waals surface area contributed by atoms with Crippen molar-refractivity contribution in [3.63, 3.8) is 0 Å². The fourth-order valence-electron chi connectivity index (χ4n) is 2.08. The molecule has 76 valence electrons. The van der Waals surface area contributed by atoms with Gasteiger partial charge >= 0.3 is 0 Å². The van der Waals surface area contributed by atoms with E-state index in [4.69, 9.17) is 0 Å². The number of hydrogen-bond donors (Lipinski definition) is 0. The Hall–Kier alpha value is -0.430. The predicted octanol–water partition coefficient (Wildman–Crippen LogP) is 3.74. The molecule has 0 spiro atoms. The number of hydrogen-bond acceptors (Lipinski definition) is 1. The average Bonchev–Trinajstić information content (AvgIpc) is 2.66. The van der Waals surface area contributed by atoms with Crippen molar-refractivity contribution in [2.24, 2.45) is 0 Å².